The van der Waals surface area contributed by atoms with E-state index in [1.54, 1.807) is 25.3 Å². The van der Waals surface area contributed by atoms with Gasteiger partial charge in [0.1, 0.15) is 0 Å². The quantitative estimate of drug-likeness (QED) is 0.840. The van der Waals surface area contributed by atoms with Crippen molar-refractivity contribution in [3.8, 4) is 17.0 Å². The number of hydrogen-bond donors (Lipinski definition) is 1. The minimum absolute atomic E-state index is 0.219. The molecule has 0 amide bonds. The Bertz CT molecular complexity index is 614. The molecule has 1 heterocycles. The van der Waals surface area contributed by atoms with E-state index >= 15 is 0 Å². The first-order valence-corrected chi connectivity index (χ1v) is 6.66. The molecule has 2 aromatic rings. The monoisotopic (exact) mass is 270 g/mol. The summed E-state index contributed by atoms with van der Waals surface area (Å²) in [5.41, 5.74) is 2.44. The Morgan fingerprint density at radius 1 is 1.45 bits per heavy atom. The molecule has 4 heteroatoms. The van der Waals surface area contributed by atoms with E-state index in [0.29, 0.717) is 17.3 Å². The molecule has 0 spiro atoms. The average molecular weight is 270 g/mol. The van der Waals surface area contributed by atoms with Crippen LogP contribution in [0.15, 0.2) is 35.3 Å². The van der Waals surface area contributed by atoms with Gasteiger partial charge in [-0.3, -0.25) is 0 Å². The second-order valence-electron chi connectivity index (χ2n) is 5.22. The van der Waals surface area contributed by atoms with Crippen LogP contribution in [0.5, 0.6) is 5.75 Å². The van der Waals surface area contributed by atoms with Crippen LogP contribution in [0.4, 0.5) is 0 Å². The van der Waals surface area contributed by atoms with Crippen molar-refractivity contribution in [2.75, 3.05) is 7.11 Å². The number of hydrogen-bond acceptors (Lipinski definition) is 3. The first-order valence-electron chi connectivity index (χ1n) is 6.66. The molecule has 0 aliphatic rings. The van der Waals surface area contributed by atoms with Crippen LogP contribution in [0.25, 0.3) is 17.0 Å². The summed E-state index contributed by atoms with van der Waals surface area (Å²) in [4.78, 5) is 0. The number of ether oxygens (including phenoxy) is 1. The van der Waals surface area contributed by atoms with Gasteiger partial charge in [-0.2, -0.15) is 0 Å². The molecule has 0 radical (unpaired) electrons. The van der Waals surface area contributed by atoms with E-state index in [1.165, 1.54) is 0 Å². The van der Waals surface area contributed by atoms with Gasteiger partial charge in [-0.1, -0.05) is 0 Å². The van der Waals surface area contributed by atoms with Gasteiger partial charge in [0.05, 0.1) is 0 Å². The first kappa shape index (κ1) is 14.4. The van der Waals surface area contributed by atoms with Gasteiger partial charge in [-0.15, -0.1) is 0 Å². The molecule has 1 aromatic heterocycles. The normalized spacial score (nSPS) is 10.6. The van der Waals surface area contributed by atoms with Crippen LogP contribution in [-0.2, 0) is 11.2 Å². The van der Waals surface area contributed by atoms with E-state index in [1.807, 2.05) is 13.0 Å². The molecule has 0 atom stereocenters. The van der Waals surface area contributed by atoms with Gasteiger partial charge in [0.25, 0.3) is 0 Å². The topological polar surface area (TPSA) is 42.6 Å². The van der Waals surface area contributed by atoms with Gasteiger partial charge >= 0.3 is 119 Å². The summed E-state index contributed by atoms with van der Waals surface area (Å²) < 4.78 is 11.2. The Kier molecular flexibility index (Phi) is 4.33. The van der Waals surface area contributed by atoms with Gasteiger partial charge < -0.3 is 0 Å². The standard InChI is InChI=1S/C16H19BO3/c1-10(2)8-14-15(11(3)19-4)17-16(20-14)12-6-5-7-13(18)9-12/h5-7,9-10,18H,3,8H2,1-2,4H3. The number of aromatic hydroxyl groups is 1. The van der Waals surface area contributed by atoms with Crippen molar-refractivity contribution in [3.05, 3.63) is 42.1 Å². The molecule has 1 N–H and O–H groups in total. The van der Waals surface area contributed by atoms with E-state index in [0.717, 1.165) is 23.2 Å². The summed E-state index contributed by atoms with van der Waals surface area (Å²) in [6.45, 7) is 10.1. The van der Waals surface area contributed by atoms with Crippen molar-refractivity contribution >= 4 is 12.7 Å². The van der Waals surface area contributed by atoms with Gasteiger partial charge in [-0.25, -0.2) is 0 Å². The fourth-order valence-corrected chi connectivity index (χ4v) is 2.10. The number of phenols is 1. The van der Waals surface area contributed by atoms with Crippen LogP contribution in [0, 0.1) is 5.92 Å². The fourth-order valence-electron chi connectivity index (χ4n) is 2.10. The molecule has 0 saturated heterocycles. The Morgan fingerprint density at radius 3 is 2.80 bits per heavy atom. The third-order valence-electron chi connectivity index (χ3n) is 3.08. The van der Waals surface area contributed by atoms with Crippen molar-refractivity contribution in [3.63, 3.8) is 0 Å². The molecule has 0 unspecified atom stereocenters. The van der Waals surface area contributed by atoms with Gasteiger partial charge in [0.2, 0.25) is 0 Å². The Balaban J connectivity index is 2.45. The molecule has 0 fully saturated rings. The molecular weight excluding hydrogens is 251 g/mol. The number of benzene rings is 1. The van der Waals surface area contributed by atoms with E-state index in [9.17, 15) is 5.11 Å². The van der Waals surface area contributed by atoms with Gasteiger partial charge in [-0.05, 0) is 0 Å². The van der Waals surface area contributed by atoms with Crippen molar-refractivity contribution < 1.29 is 14.3 Å². The molecule has 104 valence electrons. The molecule has 20 heavy (non-hydrogen) atoms. The summed E-state index contributed by atoms with van der Waals surface area (Å²) >= 11 is 0. The third kappa shape index (κ3) is 3.13. The molecule has 2 rings (SSSR count). The Morgan fingerprint density at radius 2 is 2.20 bits per heavy atom. The maximum absolute atomic E-state index is 9.57. The Hall–Kier alpha value is -1.97. The van der Waals surface area contributed by atoms with Crippen LogP contribution in [0.1, 0.15) is 25.1 Å². The summed E-state index contributed by atoms with van der Waals surface area (Å²) in [6, 6.07) is 7.00. The van der Waals surface area contributed by atoms with E-state index in [2.05, 4.69) is 20.4 Å². The van der Waals surface area contributed by atoms with Crippen LogP contribution in [0.3, 0.4) is 0 Å². The number of phenolic OH excluding ortho intramolecular Hbond substituents is 1. The predicted molar refractivity (Wildman–Crippen MR) is 81.7 cm³/mol. The summed E-state index contributed by atoms with van der Waals surface area (Å²) in [5, 5.41) is 9.57. The van der Waals surface area contributed by atoms with Crippen LogP contribution < -0.4 is 0 Å². The molecule has 0 saturated carbocycles. The van der Waals surface area contributed by atoms with E-state index < -0.39 is 0 Å². The van der Waals surface area contributed by atoms with Crippen LogP contribution >= 0.6 is 0 Å². The molecule has 0 aliphatic carbocycles. The first-order chi connectivity index (χ1) is 9.51. The molecule has 1 aromatic carbocycles. The summed E-state index contributed by atoms with van der Waals surface area (Å²) in [7, 11) is 1.60. The van der Waals surface area contributed by atoms with E-state index in [4.69, 9.17) is 9.15 Å². The second-order valence-corrected chi connectivity index (χ2v) is 5.22. The summed E-state index contributed by atoms with van der Waals surface area (Å²) in [6.07, 6.45) is 0.816. The van der Waals surface area contributed by atoms with Gasteiger partial charge in [0.15, 0.2) is 0 Å². The third-order valence-corrected chi connectivity index (χ3v) is 3.08. The zero-order valence-corrected chi connectivity index (χ0v) is 12.1. The number of rotatable bonds is 5. The minimum atomic E-state index is 0.219. The second kappa shape index (κ2) is 5.99. The van der Waals surface area contributed by atoms with Crippen molar-refractivity contribution in [2.45, 2.75) is 20.3 Å². The zero-order chi connectivity index (χ0) is 14.7. The Labute approximate surface area is 120 Å². The maximum atomic E-state index is 9.57. The zero-order valence-electron chi connectivity index (χ0n) is 12.1. The van der Waals surface area contributed by atoms with Crippen molar-refractivity contribution in [1.29, 1.82) is 0 Å². The van der Waals surface area contributed by atoms with Gasteiger partial charge in [0, 0.05) is 0 Å². The predicted octanol–water partition coefficient (Wildman–Crippen LogP) is 3.81. The molecular formula is C16H19BO3. The van der Waals surface area contributed by atoms with Crippen molar-refractivity contribution in [2.24, 2.45) is 5.92 Å². The molecule has 0 bridgehead atoms. The fraction of sp³-hybridized carbons (Fsp3) is 0.312. The van der Waals surface area contributed by atoms with Crippen LogP contribution in [0.2, 0.25) is 0 Å². The molecule has 3 nitrogen and oxygen atoms in total. The molecule has 0 aliphatic heterocycles. The van der Waals surface area contributed by atoms with Crippen LogP contribution in [-0.4, -0.2) is 19.1 Å². The average Bonchev–Trinajstić information content (AvgIpc) is 2.81. The van der Waals surface area contributed by atoms with E-state index in [-0.39, 0.29) is 5.75 Å². The van der Waals surface area contributed by atoms with Crippen molar-refractivity contribution in [1.82, 2.24) is 0 Å². The number of methoxy groups -OCH3 is 1. The summed E-state index contributed by atoms with van der Waals surface area (Å²) in [5.74, 6) is 2.15. The SMILES string of the molecule is C=C(OC)c1bc(-c2cccc(O)c2)oc1CC(C)C.